The lowest BCUT2D eigenvalue weighted by Crippen LogP contribution is -2.23. The molecule has 4 heteroatoms. The largest absolute Gasteiger partial charge is 0.361 e. The fraction of sp³-hybridized carbons (Fsp3) is 0.864. The summed E-state index contributed by atoms with van der Waals surface area (Å²) < 4.78 is 16.8. The van der Waals surface area contributed by atoms with Gasteiger partial charge in [0.2, 0.25) is 0 Å². The lowest BCUT2D eigenvalue weighted by molar-refractivity contribution is -0.161. The Morgan fingerprint density at radius 3 is 2.38 bits per heavy atom. The van der Waals surface area contributed by atoms with E-state index in [2.05, 4.69) is 18.1 Å². The fourth-order valence-corrected chi connectivity index (χ4v) is 3.52. The van der Waals surface area contributed by atoms with Crippen LogP contribution in [0.4, 0.5) is 0 Å². The maximum Gasteiger partial charge on any atom is 0.157 e. The molecule has 1 aromatic rings. The molecule has 1 saturated heterocycles. The van der Waals surface area contributed by atoms with Crippen LogP contribution in [0, 0.1) is 0 Å². The van der Waals surface area contributed by atoms with E-state index < -0.39 is 0 Å². The molecular formula is C22H39NO3. The molecule has 0 amide bonds. The van der Waals surface area contributed by atoms with Crippen molar-refractivity contribution in [1.29, 1.82) is 0 Å². The molecule has 1 aliphatic heterocycles. The Labute approximate surface area is 160 Å². The summed E-state index contributed by atoms with van der Waals surface area (Å²) in [6.07, 6.45) is 18.8. The summed E-state index contributed by atoms with van der Waals surface area (Å²) in [7, 11) is 0. The average Bonchev–Trinajstić information content (AvgIpc) is 3.12. The van der Waals surface area contributed by atoms with Crippen molar-refractivity contribution in [3.05, 3.63) is 17.5 Å². The van der Waals surface area contributed by atoms with E-state index in [4.69, 9.17) is 14.0 Å². The first-order valence-corrected chi connectivity index (χ1v) is 11.1. The summed E-state index contributed by atoms with van der Waals surface area (Å²) in [6, 6.07) is 2.10. The van der Waals surface area contributed by atoms with Gasteiger partial charge in [0, 0.05) is 25.5 Å². The van der Waals surface area contributed by atoms with Gasteiger partial charge in [-0.1, -0.05) is 69.9 Å². The smallest absolute Gasteiger partial charge is 0.157 e. The molecule has 2 rings (SSSR count). The van der Waals surface area contributed by atoms with Crippen molar-refractivity contribution >= 4 is 0 Å². The standard InChI is InChI=1S/C22H39NO3/c1-2-3-4-5-6-7-8-9-10-11-14-21-19-20(23-26-21)16-18-25-22-15-12-13-17-24-22/h19,22H,2-18H2,1H3. The van der Waals surface area contributed by atoms with Gasteiger partial charge < -0.3 is 14.0 Å². The van der Waals surface area contributed by atoms with Crippen molar-refractivity contribution in [3.8, 4) is 0 Å². The predicted molar refractivity (Wildman–Crippen MR) is 105 cm³/mol. The predicted octanol–water partition coefficient (Wildman–Crippen LogP) is 6.22. The normalized spacial score (nSPS) is 17.7. The Kier molecular flexibility index (Phi) is 11.7. The maximum absolute atomic E-state index is 5.76. The van der Waals surface area contributed by atoms with Crippen molar-refractivity contribution in [1.82, 2.24) is 5.16 Å². The number of hydrogen-bond acceptors (Lipinski definition) is 4. The summed E-state index contributed by atoms with van der Waals surface area (Å²) in [4.78, 5) is 0. The maximum atomic E-state index is 5.76. The van der Waals surface area contributed by atoms with Gasteiger partial charge in [-0.15, -0.1) is 0 Å². The van der Waals surface area contributed by atoms with Crippen molar-refractivity contribution in [3.63, 3.8) is 0 Å². The minimum absolute atomic E-state index is 0.0123. The van der Waals surface area contributed by atoms with E-state index in [1.807, 2.05) is 0 Å². The van der Waals surface area contributed by atoms with Gasteiger partial charge in [0.15, 0.2) is 6.29 Å². The Morgan fingerprint density at radius 2 is 1.69 bits per heavy atom. The van der Waals surface area contributed by atoms with Gasteiger partial charge in [-0.2, -0.15) is 0 Å². The van der Waals surface area contributed by atoms with Crippen molar-refractivity contribution in [2.75, 3.05) is 13.2 Å². The summed E-state index contributed by atoms with van der Waals surface area (Å²) in [5.74, 6) is 1.02. The number of aryl methyl sites for hydroxylation is 1. The van der Waals surface area contributed by atoms with Crippen LogP contribution >= 0.6 is 0 Å². The van der Waals surface area contributed by atoms with Gasteiger partial charge in [0.25, 0.3) is 0 Å². The van der Waals surface area contributed by atoms with Gasteiger partial charge >= 0.3 is 0 Å². The van der Waals surface area contributed by atoms with Crippen LogP contribution < -0.4 is 0 Å². The van der Waals surface area contributed by atoms with Gasteiger partial charge in [0.05, 0.1) is 12.3 Å². The van der Waals surface area contributed by atoms with E-state index >= 15 is 0 Å². The van der Waals surface area contributed by atoms with E-state index in [0.717, 1.165) is 43.7 Å². The molecule has 1 aromatic heterocycles. The molecule has 150 valence electrons. The molecule has 1 atom stereocenters. The number of nitrogens with zero attached hydrogens (tertiary/aromatic N) is 1. The SMILES string of the molecule is CCCCCCCCCCCCc1cc(CCOC2CCCCO2)no1. The minimum atomic E-state index is -0.0123. The lowest BCUT2D eigenvalue weighted by atomic mass is 10.1. The van der Waals surface area contributed by atoms with Gasteiger partial charge in [-0.25, -0.2) is 0 Å². The van der Waals surface area contributed by atoms with Crippen LogP contribution in [0.15, 0.2) is 10.6 Å². The Bertz CT molecular complexity index is 440. The first-order valence-electron chi connectivity index (χ1n) is 11.1. The second kappa shape index (κ2) is 14.2. The second-order valence-electron chi connectivity index (χ2n) is 7.63. The first-order chi connectivity index (χ1) is 12.9. The van der Waals surface area contributed by atoms with E-state index in [9.17, 15) is 0 Å². The molecular weight excluding hydrogens is 326 g/mol. The molecule has 0 radical (unpaired) electrons. The van der Waals surface area contributed by atoms with Crippen molar-refractivity contribution in [2.24, 2.45) is 0 Å². The quantitative estimate of drug-likeness (QED) is 0.346. The molecule has 0 aromatic carbocycles. The van der Waals surface area contributed by atoms with Crippen LogP contribution in [-0.2, 0) is 22.3 Å². The number of ether oxygens (including phenoxy) is 2. The molecule has 1 unspecified atom stereocenters. The number of aromatic nitrogens is 1. The van der Waals surface area contributed by atoms with Crippen molar-refractivity contribution < 1.29 is 14.0 Å². The highest BCUT2D eigenvalue weighted by Gasteiger charge is 2.14. The monoisotopic (exact) mass is 365 g/mol. The molecule has 0 aliphatic carbocycles. The third kappa shape index (κ3) is 9.72. The fourth-order valence-electron chi connectivity index (χ4n) is 3.52. The molecule has 26 heavy (non-hydrogen) atoms. The molecule has 1 fully saturated rings. The van der Waals surface area contributed by atoms with Gasteiger partial charge in [-0.05, 0) is 25.7 Å². The second-order valence-corrected chi connectivity index (χ2v) is 7.63. The average molecular weight is 366 g/mol. The van der Waals surface area contributed by atoms with E-state index in [1.165, 1.54) is 70.6 Å². The Morgan fingerprint density at radius 1 is 0.962 bits per heavy atom. The zero-order valence-electron chi connectivity index (χ0n) is 16.8. The van der Waals surface area contributed by atoms with Crippen LogP contribution in [-0.4, -0.2) is 24.7 Å². The number of unbranched alkanes of at least 4 members (excludes halogenated alkanes) is 9. The molecule has 1 aliphatic rings. The first kappa shape index (κ1) is 21.4. The van der Waals surface area contributed by atoms with Crippen LogP contribution in [0.1, 0.15) is 102 Å². The molecule has 0 bridgehead atoms. The Balaban J connectivity index is 1.43. The molecule has 0 saturated carbocycles. The minimum Gasteiger partial charge on any atom is -0.361 e. The summed E-state index contributed by atoms with van der Waals surface area (Å²) >= 11 is 0. The van der Waals surface area contributed by atoms with Crippen LogP contribution in [0.3, 0.4) is 0 Å². The summed E-state index contributed by atoms with van der Waals surface area (Å²) in [6.45, 7) is 3.77. The highest BCUT2D eigenvalue weighted by molar-refractivity contribution is 5.05. The van der Waals surface area contributed by atoms with Gasteiger partial charge in [0.1, 0.15) is 5.76 Å². The summed E-state index contributed by atoms with van der Waals surface area (Å²) in [5.41, 5.74) is 1.00. The van der Waals surface area contributed by atoms with Crippen LogP contribution in [0.5, 0.6) is 0 Å². The number of hydrogen-bond donors (Lipinski definition) is 0. The van der Waals surface area contributed by atoms with Crippen LogP contribution in [0.25, 0.3) is 0 Å². The zero-order valence-corrected chi connectivity index (χ0v) is 16.8. The molecule has 0 spiro atoms. The third-order valence-corrected chi connectivity index (χ3v) is 5.18. The molecule has 0 N–H and O–H groups in total. The number of rotatable bonds is 15. The molecule has 2 heterocycles. The lowest BCUT2D eigenvalue weighted by Gasteiger charge is -2.22. The Hall–Kier alpha value is -0.870. The summed E-state index contributed by atoms with van der Waals surface area (Å²) in [5, 5.41) is 4.17. The highest BCUT2D eigenvalue weighted by atomic mass is 16.7. The van der Waals surface area contributed by atoms with E-state index in [-0.39, 0.29) is 6.29 Å². The van der Waals surface area contributed by atoms with E-state index in [1.54, 1.807) is 0 Å². The van der Waals surface area contributed by atoms with Crippen molar-refractivity contribution in [2.45, 2.75) is 110 Å². The third-order valence-electron chi connectivity index (χ3n) is 5.18. The van der Waals surface area contributed by atoms with Crippen LogP contribution in [0.2, 0.25) is 0 Å². The molecule has 4 nitrogen and oxygen atoms in total. The topological polar surface area (TPSA) is 44.5 Å². The highest BCUT2D eigenvalue weighted by Crippen LogP contribution is 2.15. The van der Waals surface area contributed by atoms with E-state index in [0.29, 0.717) is 6.61 Å². The zero-order chi connectivity index (χ0) is 18.3. The van der Waals surface area contributed by atoms with Gasteiger partial charge in [-0.3, -0.25) is 0 Å².